The minimum Gasteiger partial charge on any atom is -0.356 e. The van der Waals surface area contributed by atoms with E-state index in [2.05, 4.69) is 64.1 Å². The molecule has 0 aliphatic rings. The maximum absolute atomic E-state index is 4.58. The van der Waals surface area contributed by atoms with Crippen molar-refractivity contribution in [3.05, 3.63) is 52.0 Å². The maximum atomic E-state index is 4.58. The zero-order chi connectivity index (χ0) is 15.8. The summed E-state index contributed by atoms with van der Waals surface area (Å²) < 4.78 is 0. The van der Waals surface area contributed by atoms with E-state index in [0.29, 0.717) is 0 Å². The molecule has 1 atom stereocenters. The van der Waals surface area contributed by atoms with Crippen molar-refractivity contribution in [2.75, 3.05) is 13.6 Å². The molecule has 6 heteroatoms. The summed E-state index contributed by atoms with van der Waals surface area (Å²) in [5.74, 6) is 0.822. The highest BCUT2D eigenvalue weighted by Gasteiger charge is 2.07. The van der Waals surface area contributed by atoms with Gasteiger partial charge in [0.05, 0.1) is 16.7 Å². The number of nitrogens with one attached hydrogen (secondary N) is 2. The number of thiazole rings is 1. The first-order chi connectivity index (χ1) is 10.7. The Balaban J connectivity index is 0.00000264. The fraction of sp³-hybridized carbons (Fsp3) is 0.412. The van der Waals surface area contributed by atoms with Gasteiger partial charge in [-0.15, -0.1) is 35.3 Å². The van der Waals surface area contributed by atoms with Crippen LogP contribution in [-0.4, -0.2) is 24.5 Å². The minimum atomic E-state index is 0. The third kappa shape index (κ3) is 6.47. The molecular weight excluding hydrogens is 419 g/mol. The van der Waals surface area contributed by atoms with E-state index in [1.807, 2.05) is 6.07 Å². The molecule has 2 N–H and O–H groups in total. The molecule has 0 amide bonds. The smallest absolute Gasteiger partial charge is 0.191 e. The molecule has 4 nitrogen and oxygen atoms in total. The Morgan fingerprint density at radius 2 is 2.04 bits per heavy atom. The van der Waals surface area contributed by atoms with Gasteiger partial charge in [-0.1, -0.05) is 37.3 Å². The number of aryl methyl sites for hydroxylation is 1. The first kappa shape index (κ1) is 19.9. The van der Waals surface area contributed by atoms with Crippen molar-refractivity contribution in [3.8, 4) is 0 Å². The van der Waals surface area contributed by atoms with Crippen LogP contribution in [0.5, 0.6) is 0 Å². The van der Waals surface area contributed by atoms with Gasteiger partial charge in [0.2, 0.25) is 0 Å². The summed E-state index contributed by atoms with van der Waals surface area (Å²) in [6, 6.07) is 10.6. The van der Waals surface area contributed by atoms with Crippen molar-refractivity contribution in [1.29, 1.82) is 0 Å². The minimum absolute atomic E-state index is 0. The molecule has 126 valence electrons. The van der Waals surface area contributed by atoms with E-state index < -0.39 is 0 Å². The molecule has 0 aliphatic carbocycles. The number of aliphatic imine (C=N–C) groups is 1. The van der Waals surface area contributed by atoms with Crippen LogP contribution >= 0.6 is 35.3 Å². The summed E-state index contributed by atoms with van der Waals surface area (Å²) in [5, 5.41) is 10.1. The fourth-order valence-corrected chi connectivity index (χ4v) is 2.94. The summed E-state index contributed by atoms with van der Waals surface area (Å²) in [6.07, 6.45) is 1.92. The van der Waals surface area contributed by atoms with Gasteiger partial charge in [0, 0.05) is 25.4 Å². The number of hydrogen-bond acceptors (Lipinski definition) is 3. The molecule has 0 radical (unpaired) electrons. The van der Waals surface area contributed by atoms with Gasteiger partial charge in [-0.25, -0.2) is 4.98 Å². The molecule has 2 aromatic rings. The van der Waals surface area contributed by atoms with Crippen molar-refractivity contribution in [2.24, 2.45) is 4.99 Å². The maximum Gasteiger partial charge on any atom is 0.191 e. The lowest BCUT2D eigenvalue weighted by atomic mass is 10.1. The summed E-state index contributed by atoms with van der Waals surface area (Å²) >= 11 is 1.74. The van der Waals surface area contributed by atoms with Gasteiger partial charge in [0.1, 0.15) is 0 Å². The highest BCUT2D eigenvalue weighted by Crippen LogP contribution is 2.11. The topological polar surface area (TPSA) is 49.3 Å². The van der Waals surface area contributed by atoms with Crippen LogP contribution in [0, 0.1) is 0 Å². The Morgan fingerprint density at radius 3 is 2.65 bits per heavy atom. The second-order valence-electron chi connectivity index (χ2n) is 5.11. The average Bonchev–Trinajstić information content (AvgIpc) is 3.02. The van der Waals surface area contributed by atoms with Crippen molar-refractivity contribution in [2.45, 2.75) is 32.7 Å². The molecule has 1 aromatic carbocycles. The second-order valence-corrected chi connectivity index (χ2v) is 6.05. The quantitative estimate of drug-likeness (QED) is 0.405. The monoisotopic (exact) mass is 444 g/mol. The van der Waals surface area contributed by atoms with E-state index >= 15 is 0 Å². The van der Waals surface area contributed by atoms with E-state index in [0.717, 1.165) is 31.0 Å². The van der Waals surface area contributed by atoms with Crippen molar-refractivity contribution in [1.82, 2.24) is 15.6 Å². The van der Waals surface area contributed by atoms with Gasteiger partial charge in [-0.05, 0) is 18.9 Å². The van der Waals surface area contributed by atoms with Crippen LogP contribution in [-0.2, 0) is 12.8 Å². The third-order valence-electron chi connectivity index (χ3n) is 3.45. The largest absolute Gasteiger partial charge is 0.356 e. The Hall–Kier alpha value is -1.15. The summed E-state index contributed by atoms with van der Waals surface area (Å²) in [4.78, 5) is 8.86. The van der Waals surface area contributed by atoms with Gasteiger partial charge in [0.15, 0.2) is 5.96 Å². The standard InChI is InChI=1S/C17H24N4S.HI/c1-4-16-21-15(12-22-16)10-11-19-17(18-3)20-13(2)14-8-6-5-7-9-14;/h5-9,12-13H,4,10-11H2,1-3H3,(H2,18,19,20);1H. The Kier molecular flexibility index (Phi) is 9.16. The number of hydrogen-bond donors (Lipinski definition) is 2. The SMILES string of the molecule is CCc1nc(CCNC(=NC)NC(C)c2ccccc2)cs1.I. The molecule has 0 bridgehead atoms. The molecule has 0 fully saturated rings. The zero-order valence-corrected chi connectivity index (χ0v) is 17.0. The van der Waals surface area contributed by atoms with E-state index in [1.165, 1.54) is 10.6 Å². The Morgan fingerprint density at radius 1 is 1.30 bits per heavy atom. The zero-order valence-electron chi connectivity index (χ0n) is 13.9. The lowest BCUT2D eigenvalue weighted by molar-refractivity contribution is 0.683. The molecule has 1 heterocycles. The predicted molar refractivity (Wildman–Crippen MR) is 110 cm³/mol. The molecule has 0 saturated heterocycles. The first-order valence-corrected chi connectivity index (χ1v) is 8.56. The molecule has 1 unspecified atom stereocenters. The number of aromatic nitrogens is 1. The van der Waals surface area contributed by atoms with Crippen molar-refractivity contribution >= 4 is 41.3 Å². The van der Waals surface area contributed by atoms with Gasteiger partial charge >= 0.3 is 0 Å². The van der Waals surface area contributed by atoms with Crippen LogP contribution < -0.4 is 10.6 Å². The van der Waals surface area contributed by atoms with Crippen LogP contribution in [0.2, 0.25) is 0 Å². The fourth-order valence-electron chi connectivity index (χ4n) is 2.16. The van der Waals surface area contributed by atoms with Crippen LogP contribution in [0.3, 0.4) is 0 Å². The van der Waals surface area contributed by atoms with Gasteiger partial charge < -0.3 is 10.6 Å². The van der Waals surface area contributed by atoms with Crippen LogP contribution in [0.25, 0.3) is 0 Å². The predicted octanol–water partition coefficient (Wildman–Crippen LogP) is 3.79. The molecule has 23 heavy (non-hydrogen) atoms. The van der Waals surface area contributed by atoms with E-state index in [-0.39, 0.29) is 30.0 Å². The highest BCUT2D eigenvalue weighted by molar-refractivity contribution is 14.0. The lowest BCUT2D eigenvalue weighted by Crippen LogP contribution is -2.39. The normalized spacial score (nSPS) is 12.4. The Bertz CT molecular complexity index is 598. The molecular formula is C17H25IN4S. The van der Waals surface area contributed by atoms with E-state index in [9.17, 15) is 0 Å². The number of nitrogens with zero attached hydrogens (tertiary/aromatic N) is 2. The molecule has 2 rings (SSSR count). The number of halogens is 1. The Labute approximate surface area is 159 Å². The van der Waals surface area contributed by atoms with Gasteiger partial charge in [-0.2, -0.15) is 0 Å². The van der Waals surface area contributed by atoms with Crippen LogP contribution in [0.4, 0.5) is 0 Å². The van der Waals surface area contributed by atoms with Crippen molar-refractivity contribution in [3.63, 3.8) is 0 Å². The van der Waals surface area contributed by atoms with Crippen LogP contribution in [0.15, 0.2) is 40.7 Å². The van der Waals surface area contributed by atoms with Gasteiger partial charge in [0.25, 0.3) is 0 Å². The summed E-state index contributed by atoms with van der Waals surface area (Å²) in [6.45, 7) is 5.10. The number of rotatable bonds is 6. The van der Waals surface area contributed by atoms with E-state index in [1.54, 1.807) is 18.4 Å². The second kappa shape index (κ2) is 10.6. The highest BCUT2D eigenvalue weighted by atomic mass is 127. The molecule has 0 saturated carbocycles. The lowest BCUT2D eigenvalue weighted by Gasteiger charge is -2.18. The summed E-state index contributed by atoms with van der Waals surface area (Å²) in [5.41, 5.74) is 2.40. The van der Waals surface area contributed by atoms with Crippen molar-refractivity contribution < 1.29 is 0 Å². The number of benzene rings is 1. The molecule has 1 aromatic heterocycles. The average molecular weight is 444 g/mol. The molecule has 0 aliphatic heterocycles. The number of guanidine groups is 1. The van der Waals surface area contributed by atoms with Gasteiger partial charge in [-0.3, -0.25) is 4.99 Å². The van der Waals surface area contributed by atoms with Crippen LogP contribution in [0.1, 0.15) is 36.2 Å². The van der Waals surface area contributed by atoms with E-state index in [4.69, 9.17) is 0 Å². The third-order valence-corrected chi connectivity index (χ3v) is 4.49. The first-order valence-electron chi connectivity index (χ1n) is 7.68. The molecule has 0 spiro atoms. The summed E-state index contributed by atoms with van der Waals surface area (Å²) in [7, 11) is 1.80.